The maximum absolute atomic E-state index is 13.3. The van der Waals surface area contributed by atoms with E-state index in [0.717, 1.165) is 5.57 Å². The Bertz CT molecular complexity index is 905. The van der Waals surface area contributed by atoms with E-state index in [1.54, 1.807) is 6.92 Å². The predicted octanol–water partition coefficient (Wildman–Crippen LogP) is 1.63. The number of aliphatic hydroxyl groups excluding tert-OH is 4. The maximum Gasteiger partial charge on any atom is 0.159 e. The van der Waals surface area contributed by atoms with Crippen LogP contribution in [0.2, 0.25) is 0 Å². The van der Waals surface area contributed by atoms with Gasteiger partial charge in [-0.25, -0.2) is 0 Å². The van der Waals surface area contributed by atoms with Crippen LogP contribution in [0.4, 0.5) is 0 Å². The van der Waals surface area contributed by atoms with Gasteiger partial charge in [-0.3, -0.25) is 4.79 Å². The molecule has 0 spiro atoms. The van der Waals surface area contributed by atoms with Gasteiger partial charge >= 0.3 is 0 Å². The second kappa shape index (κ2) is 8.22. The number of fused-ring (bicyclic) bond motifs is 5. The summed E-state index contributed by atoms with van der Waals surface area (Å²) in [5, 5.41) is 66.8. The monoisotopic (exact) mass is 478 g/mol. The van der Waals surface area contributed by atoms with Crippen LogP contribution in [0, 0.1) is 28.6 Å². The van der Waals surface area contributed by atoms with Crippen molar-refractivity contribution in [3.63, 3.8) is 0 Å². The molecule has 7 nitrogen and oxygen atoms in total. The third kappa shape index (κ3) is 3.50. The third-order valence-electron chi connectivity index (χ3n) is 10.2. The minimum absolute atomic E-state index is 0.132. The highest BCUT2D eigenvalue weighted by molar-refractivity contribution is 5.95. The number of hydrogen-bond acceptors (Lipinski definition) is 7. The highest BCUT2D eigenvalue weighted by atomic mass is 16.3. The lowest BCUT2D eigenvalue weighted by molar-refractivity contribution is -0.195. The lowest BCUT2D eigenvalue weighted by Gasteiger charge is -2.62. The van der Waals surface area contributed by atoms with Crippen molar-refractivity contribution in [3.05, 3.63) is 23.3 Å². The first kappa shape index (κ1) is 26.0. The second-order valence-electron chi connectivity index (χ2n) is 12.5. The minimum atomic E-state index is -1.51. The van der Waals surface area contributed by atoms with E-state index in [2.05, 4.69) is 0 Å². The van der Waals surface area contributed by atoms with Crippen LogP contribution in [-0.2, 0) is 4.79 Å². The fourth-order valence-corrected chi connectivity index (χ4v) is 8.24. The lowest BCUT2D eigenvalue weighted by Crippen LogP contribution is -2.66. The van der Waals surface area contributed by atoms with Gasteiger partial charge in [-0.1, -0.05) is 25.5 Å². The average Bonchev–Trinajstić information content (AvgIpc) is 2.99. The van der Waals surface area contributed by atoms with Crippen molar-refractivity contribution in [2.45, 2.75) is 109 Å². The molecule has 0 heterocycles. The predicted molar refractivity (Wildman–Crippen MR) is 127 cm³/mol. The van der Waals surface area contributed by atoms with Gasteiger partial charge in [0, 0.05) is 17.3 Å². The fourth-order valence-electron chi connectivity index (χ4n) is 8.24. The van der Waals surface area contributed by atoms with Gasteiger partial charge in [-0.05, 0) is 82.3 Å². The Morgan fingerprint density at radius 1 is 1.18 bits per heavy atom. The van der Waals surface area contributed by atoms with Gasteiger partial charge in [0.05, 0.1) is 35.6 Å². The second-order valence-corrected chi connectivity index (χ2v) is 12.5. The first-order valence-corrected chi connectivity index (χ1v) is 12.7. The molecular formula is C27H42O7. The first-order valence-electron chi connectivity index (χ1n) is 12.7. The van der Waals surface area contributed by atoms with Crippen LogP contribution in [-0.4, -0.2) is 72.0 Å². The van der Waals surface area contributed by atoms with E-state index in [1.807, 2.05) is 33.8 Å². The van der Waals surface area contributed by atoms with Crippen molar-refractivity contribution in [1.82, 2.24) is 0 Å². The number of hydrogen-bond donors (Lipinski definition) is 6. The minimum Gasteiger partial charge on any atom is -0.392 e. The quantitative estimate of drug-likeness (QED) is 0.338. The van der Waals surface area contributed by atoms with Gasteiger partial charge in [0.15, 0.2) is 5.78 Å². The molecule has 4 aliphatic carbocycles. The molecule has 0 aliphatic heterocycles. The Kier molecular flexibility index (Phi) is 6.28. The summed E-state index contributed by atoms with van der Waals surface area (Å²) in [6.45, 7) is 9.19. The van der Waals surface area contributed by atoms with Crippen LogP contribution < -0.4 is 0 Å². The normalized spacial score (nSPS) is 48.7. The van der Waals surface area contributed by atoms with Gasteiger partial charge in [0.1, 0.15) is 0 Å². The van der Waals surface area contributed by atoms with Crippen molar-refractivity contribution in [3.8, 4) is 0 Å². The van der Waals surface area contributed by atoms with E-state index >= 15 is 0 Å². The number of ketones is 1. The van der Waals surface area contributed by atoms with Gasteiger partial charge < -0.3 is 30.6 Å². The largest absolute Gasteiger partial charge is 0.392 e. The molecule has 7 heteroatoms. The van der Waals surface area contributed by atoms with E-state index in [4.69, 9.17) is 0 Å². The third-order valence-corrected chi connectivity index (χ3v) is 10.2. The van der Waals surface area contributed by atoms with Crippen LogP contribution >= 0.6 is 0 Å². The summed E-state index contributed by atoms with van der Waals surface area (Å²) in [4.78, 5) is 13.3. The highest BCUT2D eigenvalue weighted by Crippen LogP contribution is 2.68. The molecule has 4 aliphatic rings. The van der Waals surface area contributed by atoms with Gasteiger partial charge in [0.25, 0.3) is 0 Å². The Morgan fingerprint density at radius 3 is 2.44 bits per heavy atom. The zero-order chi connectivity index (χ0) is 25.4. The molecule has 0 saturated heterocycles. The Balaban J connectivity index is 1.75. The first-order chi connectivity index (χ1) is 15.6. The highest BCUT2D eigenvalue weighted by Gasteiger charge is 2.71. The number of aliphatic hydroxyl groups is 6. The molecule has 192 valence electrons. The molecular weight excluding hydrogens is 436 g/mol. The SMILES string of the molecule is CC(C)=CC[C@@H](O)[C@@](C)(O)[C@H]1CC[C@@]2(O)C3=CC(=O)[C@@H]4C[C@@H](O)[C@@H](O)C[C@]4(C)[C@H]3[C@H](O)C[C@]12C. The number of carbonyl (C=O) groups excluding carboxylic acids is 1. The molecule has 11 atom stereocenters. The van der Waals surface area contributed by atoms with Crippen molar-refractivity contribution in [2.24, 2.45) is 28.6 Å². The Morgan fingerprint density at radius 2 is 1.82 bits per heavy atom. The van der Waals surface area contributed by atoms with Crippen LogP contribution in [0.15, 0.2) is 23.3 Å². The molecule has 0 aromatic heterocycles. The van der Waals surface area contributed by atoms with E-state index in [1.165, 1.54) is 6.08 Å². The molecule has 34 heavy (non-hydrogen) atoms. The maximum atomic E-state index is 13.3. The molecule has 0 aromatic rings. The Hall–Kier alpha value is -1.09. The number of carbonyl (C=O) groups is 1. The van der Waals surface area contributed by atoms with Gasteiger partial charge in [-0.2, -0.15) is 0 Å². The van der Waals surface area contributed by atoms with Gasteiger partial charge in [-0.15, -0.1) is 0 Å². The van der Waals surface area contributed by atoms with Crippen molar-refractivity contribution in [1.29, 1.82) is 0 Å². The molecule has 0 aromatic carbocycles. The van der Waals surface area contributed by atoms with Crippen LogP contribution in [0.1, 0.15) is 73.1 Å². The standard InChI is InChI=1S/C27H42O7/c1-14(2)6-7-22(32)26(5,33)21-8-9-27(34)16-11-17(28)15-10-18(29)19(30)12-24(15,3)23(16)20(31)13-25(21,27)4/h6,11,15,18-23,29-34H,7-10,12-13H2,1-5H3/t15-,18+,19-,20+,21-,22+,23+,24-,25+,26-,27+/m0/s1. The van der Waals surface area contributed by atoms with E-state index in [9.17, 15) is 35.4 Å². The molecule has 0 bridgehead atoms. The van der Waals surface area contributed by atoms with Crippen LogP contribution in [0.5, 0.6) is 0 Å². The zero-order valence-electron chi connectivity index (χ0n) is 21.0. The number of allylic oxidation sites excluding steroid dienone is 2. The van der Waals surface area contributed by atoms with Gasteiger partial charge in [0.2, 0.25) is 0 Å². The van der Waals surface area contributed by atoms with Crippen LogP contribution in [0.3, 0.4) is 0 Å². The van der Waals surface area contributed by atoms with Crippen LogP contribution in [0.25, 0.3) is 0 Å². The number of rotatable bonds is 4. The van der Waals surface area contributed by atoms with E-state index in [0.29, 0.717) is 18.4 Å². The summed E-state index contributed by atoms with van der Waals surface area (Å²) in [5.74, 6) is -1.76. The molecule has 0 radical (unpaired) electrons. The summed E-state index contributed by atoms with van der Waals surface area (Å²) in [6, 6.07) is 0. The fraction of sp³-hybridized carbons (Fsp3) is 0.815. The Labute approximate surface area is 202 Å². The molecule has 3 fully saturated rings. The zero-order valence-corrected chi connectivity index (χ0v) is 21.0. The summed E-state index contributed by atoms with van der Waals surface area (Å²) in [6.07, 6.45) is 0.970. The van der Waals surface area contributed by atoms with Crippen molar-refractivity contribution in [2.75, 3.05) is 0 Å². The molecule has 4 rings (SSSR count). The topological polar surface area (TPSA) is 138 Å². The smallest absolute Gasteiger partial charge is 0.159 e. The lowest BCUT2D eigenvalue weighted by atomic mass is 9.45. The summed E-state index contributed by atoms with van der Waals surface area (Å²) >= 11 is 0. The molecule has 0 unspecified atom stereocenters. The summed E-state index contributed by atoms with van der Waals surface area (Å²) in [7, 11) is 0. The molecule has 6 N–H and O–H groups in total. The van der Waals surface area contributed by atoms with Crippen molar-refractivity contribution < 1.29 is 35.4 Å². The average molecular weight is 479 g/mol. The molecule has 0 amide bonds. The van der Waals surface area contributed by atoms with Crippen molar-refractivity contribution >= 4 is 5.78 Å². The summed E-state index contributed by atoms with van der Waals surface area (Å²) in [5.41, 5.74) is -3.16. The molecule has 3 saturated carbocycles. The van der Waals surface area contributed by atoms with E-state index in [-0.39, 0.29) is 31.5 Å². The van der Waals surface area contributed by atoms with E-state index < -0.39 is 64.2 Å². The summed E-state index contributed by atoms with van der Waals surface area (Å²) < 4.78 is 0.